The molecule has 1 saturated carbocycles. The van der Waals surface area contributed by atoms with Crippen LogP contribution in [0.5, 0.6) is 0 Å². The number of rotatable bonds is 2. The minimum atomic E-state index is 0.501. The second-order valence-corrected chi connectivity index (χ2v) is 5.21. The quantitative estimate of drug-likeness (QED) is 0.680. The molecule has 16 heavy (non-hydrogen) atoms. The molecule has 1 aliphatic carbocycles. The van der Waals surface area contributed by atoms with Crippen molar-refractivity contribution in [2.75, 3.05) is 5.73 Å². The Morgan fingerprint density at radius 1 is 1.38 bits per heavy atom. The molecule has 0 spiro atoms. The van der Waals surface area contributed by atoms with Gasteiger partial charge in [0.15, 0.2) is 5.82 Å². The monoisotopic (exact) mass is 327 g/mol. The molecule has 82 valence electrons. The molecule has 0 amide bonds. The maximum atomic E-state index is 5.89. The molecule has 5 heteroatoms. The average Bonchev–Trinajstić information content (AvgIpc) is 3.01. The predicted octanol–water partition coefficient (Wildman–Crippen LogP) is 2.80. The maximum Gasteiger partial charge on any atom is 0.260 e. The molecule has 0 aliphatic heterocycles. The summed E-state index contributed by atoms with van der Waals surface area (Å²) in [6.45, 7) is 0. The van der Waals surface area contributed by atoms with E-state index in [0.717, 1.165) is 15.0 Å². The first-order valence-corrected chi connectivity index (χ1v) is 6.21. The first kappa shape index (κ1) is 10.1. The molecule has 1 fully saturated rings. The zero-order valence-corrected chi connectivity index (χ0v) is 10.6. The number of hydrogen-bond acceptors (Lipinski definition) is 4. The highest BCUT2D eigenvalue weighted by molar-refractivity contribution is 14.1. The fraction of sp³-hybridized carbons (Fsp3) is 0.273. The summed E-state index contributed by atoms with van der Waals surface area (Å²) in [5, 5.41) is 3.98. The van der Waals surface area contributed by atoms with Crippen molar-refractivity contribution in [2.24, 2.45) is 0 Å². The summed E-state index contributed by atoms with van der Waals surface area (Å²) >= 11 is 2.24. The van der Waals surface area contributed by atoms with E-state index in [1.165, 1.54) is 12.8 Å². The summed E-state index contributed by atoms with van der Waals surface area (Å²) in [6.07, 6.45) is 2.33. The lowest BCUT2D eigenvalue weighted by Gasteiger charge is -2.00. The Morgan fingerprint density at radius 2 is 2.19 bits per heavy atom. The van der Waals surface area contributed by atoms with Gasteiger partial charge >= 0.3 is 0 Å². The van der Waals surface area contributed by atoms with E-state index in [2.05, 4.69) is 32.7 Å². The van der Waals surface area contributed by atoms with Crippen LogP contribution in [0, 0.1) is 3.57 Å². The third-order valence-electron chi connectivity index (χ3n) is 2.63. The molecule has 0 saturated heterocycles. The summed E-state index contributed by atoms with van der Waals surface area (Å²) < 4.78 is 6.35. The topological polar surface area (TPSA) is 64.9 Å². The fourth-order valence-electron chi connectivity index (χ4n) is 1.57. The van der Waals surface area contributed by atoms with Crippen molar-refractivity contribution in [2.45, 2.75) is 18.8 Å². The van der Waals surface area contributed by atoms with Gasteiger partial charge in [-0.3, -0.25) is 0 Å². The highest BCUT2D eigenvalue weighted by Gasteiger charge is 2.29. The standard InChI is InChI=1S/C11H10IN3O/c12-7-3-4-9(13)8(5-7)11-14-10(15-16-11)6-1-2-6/h3-6H,1-2,13H2. The summed E-state index contributed by atoms with van der Waals surface area (Å²) in [6, 6.07) is 5.77. The van der Waals surface area contributed by atoms with Gasteiger partial charge in [0.05, 0.1) is 5.56 Å². The van der Waals surface area contributed by atoms with E-state index >= 15 is 0 Å². The Balaban J connectivity index is 2.03. The predicted molar refractivity (Wildman–Crippen MR) is 68.8 cm³/mol. The van der Waals surface area contributed by atoms with E-state index in [1.54, 1.807) is 0 Å². The zero-order chi connectivity index (χ0) is 11.1. The Bertz CT molecular complexity index is 534. The molecule has 3 rings (SSSR count). The molecular formula is C11H10IN3O. The molecule has 0 bridgehead atoms. The number of benzene rings is 1. The summed E-state index contributed by atoms with van der Waals surface area (Å²) in [5.41, 5.74) is 7.39. The van der Waals surface area contributed by atoms with Crippen LogP contribution in [0.25, 0.3) is 11.5 Å². The molecule has 0 atom stereocenters. The maximum absolute atomic E-state index is 5.89. The summed E-state index contributed by atoms with van der Waals surface area (Å²) in [4.78, 5) is 4.38. The van der Waals surface area contributed by atoms with Gasteiger partial charge in [0, 0.05) is 15.2 Å². The zero-order valence-electron chi connectivity index (χ0n) is 8.48. The number of halogens is 1. The van der Waals surface area contributed by atoms with Crippen molar-refractivity contribution in [1.82, 2.24) is 10.1 Å². The second-order valence-electron chi connectivity index (χ2n) is 3.96. The summed E-state index contributed by atoms with van der Waals surface area (Å²) in [5.74, 6) is 1.84. The van der Waals surface area contributed by atoms with Gasteiger partial charge in [-0.1, -0.05) is 5.16 Å². The van der Waals surface area contributed by atoms with Crippen molar-refractivity contribution in [3.8, 4) is 11.5 Å². The molecule has 0 unspecified atom stereocenters. The van der Waals surface area contributed by atoms with Gasteiger partial charge in [0.25, 0.3) is 5.89 Å². The van der Waals surface area contributed by atoms with Crippen molar-refractivity contribution in [3.05, 3.63) is 27.6 Å². The van der Waals surface area contributed by atoms with Crippen LogP contribution in [-0.4, -0.2) is 10.1 Å². The van der Waals surface area contributed by atoms with Gasteiger partial charge in [-0.2, -0.15) is 4.98 Å². The molecule has 1 aromatic carbocycles. The molecule has 1 heterocycles. The van der Waals surface area contributed by atoms with E-state index in [1.807, 2.05) is 18.2 Å². The average molecular weight is 327 g/mol. The number of nitrogens with two attached hydrogens (primary N) is 1. The molecule has 0 radical (unpaired) electrons. The Kier molecular flexibility index (Phi) is 2.34. The molecule has 2 aromatic rings. The van der Waals surface area contributed by atoms with E-state index in [-0.39, 0.29) is 0 Å². The third kappa shape index (κ3) is 1.79. The normalized spacial score (nSPS) is 15.3. The van der Waals surface area contributed by atoms with Gasteiger partial charge < -0.3 is 10.3 Å². The number of nitrogen functional groups attached to an aromatic ring is 1. The fourth-order valence-corrected chi connectivity index (χ4v) is 2.06. The lowest BCUT2D eigenvalue weighted by molar-refractivity contribution is 0.423. The smallest absolute Gasteiger partial charge is 0.260 e. The van der Waals surface area contributed by atoms with Crippen LogP contribution in [-0.2, 0) is 0 Å². The van der Waals surface area contributed by atoms with Crippen LogP contribution in [0.15, 0.2) is 22.7 Å². The van der Waals surface area contributed by atoms with Crippen molar-refractivity contribution < 1.29 is 4.52 Å². The Hall–Kier alpha value is -1.11. The largest absolute Gasteiger partial charge is 0.398 e. The number of aromatic nitrogens is 2. The van der Waals surface area contributed by atoms with Crippen molar-refractivity contribution >= 4 is 28.3 Å². The first-order chi connectivity index (χ1) is 7.74. The minimum absolute atomic E-state index is 0.501. The van der Waals surface area contributed by atoms with Gasteiger partial charge in [0.1, 0.15) is 0 Å². The SMILES string of the molecule is Nc1ccc(I)cc1-c1nc(C2CC2)no1. The molecule has 1 aliphatic rings. The lowest BCUT2D eigenvalue weighted by Crippen LogP contribution is -1.91. The highest BCUT2D eigenvalue weighted by atomic mass is 127. The first-order valence-electron chi connectivity index (χ1n) is 5.13. The van der Waals surface area contributed by atoms with Gasteiger partial charge in [-0.05, 0) is 53.6 Å². The summed E-state index contributed by atoms with van der Waals surface area (Å²) in [7, 11) is 0. The Morgan fingerprint density at radius 3 is 2.94 bits per heavy atom. The van der Waals surface area contributed by atoms with Crippen LogP contribution in [0.3, 0.4) is 0 Å². The Labute approximate surface area is 106 Å². The molecule has 4 nitrogen and oxygen atoms in total. The van der Waals surface area contributed by atoms with E-state index in [0.29, 0.717) is 17.5 Å². The highest BCUT2D eigenvalue weighted by Crippen LogP contribution is 2.39. The van der Waals surface area contributed by atoms with Crippen LogP contribution in [0.2, 0.25) is 0 Å². The molecule has 2 N–H and O–H groups in total. The van der Waals surface area contributed by atoms with Gasteiger partial charge in [0.2, 0.25) is 0 Å². The van der Waals surface area contributed by atoms with Crippen molar-refractivity contribution in [1.29, 1.82) is 0 Å². The van der Waals surface area contributed by atoms with Crippen LogP contribution in [0.1, 0.15) is 24.6 Å². The molecule has 1 aromatic heterocycles. The van der Waals surface area contributed by atoms with Crippen LogP contribution < -0.4 is 5.73 Å². The number of hydrogen-bond donors (Lipinski definition) is 1. The van der Waals surface area contributed by atoms with Crippen LogP contribution in [0.4, 0.5) is 5.69 Å². The second kappa shape index (κ2) is 3.73. The lowest BCUT2D eigenvalue weighted by atomic mass is 10.2. The van der Waals surface area contributed by atoms with E-state index < -0.39 is 0 Å². The van der Waals surface area contributed by atoms with E-state index in [9.17, 15) is 0 Å². The van der Waals surface area contributed by atoms with Gasteiger partial charge in [-0.15, -0.1) is 0 Å². The van der Waals surface area contributed by atoms with Crippen molar-refractivity contribution in [3.63, 3.8) is 0 Å². The molecular weight excluding hydrogens is 317 g/mol. The van der Waals surface area contributed by atoms with Gasteiger partial charge in [-0.25, -0.2) is 0 Å². The number of nitrogens with zero attached hydrogens (tertiary/aromatic N) is 2. The number of anilines is 1. The minimum Gasteiger partial charge on any atom is -0.398 e. The van der Waals surface area contributed by atoms with E-state index in [4.69, 9.17) is 10.3 Å². The third-order valence-corrected chi connectivity index (χ3v) is 3.30. The van der Waals surface area contributed by atoms with Crippen LogP contribution >= 0.6 is 22.6 Å².